The molecule has 0 aliphatic carbocycles. The molecule has 4 aromatic rings. The number of aromatic amines is 1. The lowest BCUT2D eigenvalue weighted by atomic mass is 10.3. The number of hydrogen-bond donors (Lipinski definition) is 1. The van der Waals surface area contributed by atoms with Crippen LogP contribution in [0.4, 0.5) is 11.5 Å². The van der Waals surface area contributed by atoms with E-state index in [9.17, 15) is 20.0 Å². The Morgan fingerprint density at radius 1 is 1.23 bits per heavy atom. The Bertz CT molecular complexity index is 1390. The van der Waals surface area contributed by atoms with Crippen LogP contribution in [0.1, 0.15) is 22.8 Å². The van der Waals surface area contributed by atoms with Crippen molar-refractivity contribution in [3.63, 3.8) is 0 Å². The third-order valence-corrected chi connectivity index (χ3v) is 4.90. The van der Waals surface area contributed by atoms with Gasteiger partial charge in [0.05, 0.1) is 11.4 Å². The number of rotatable bonds is 4. The molecule has 0 aliphatic heterocycles. The number of aliphatic imine (C=N–C) groups is 1. The number of benzene rings is 1. The first kappa shape index (κ1) is 19.1. The first-order valence-corrected chi connectivity index (χ1v) is 8.97. The molecular weight excluding hydrogens is 392 g/mol. The largest absolute Gasteiger partial charge is 0.855 e. The van der Waals surface area contributed by atoms with Crippen LogP contribution in [0.5, 0.6) is 0 Å². The molecule has 30 heavy (non-hydrogen) atoms. The van der Waals surface area contributed by atoms with E-state index >= 15 is 0 Å². The average molecular weight is 410 g/mol. The minimum absolute atomic E-state index is 0.000106. The first-order valence-electron chi connectivity index (χ1n) is 8.97. The molecule has 154 valence electrons. The topological polar surface area (TPSA) is 143 Å². The molecule has 1 N–H and O–H groups in total. The predicted molar refractivity (Wildman–Crippen MR) is 103 cm³/mol. The van der Waals surface area contributed by atoms with Crippen molar-refractivity contribution in [2.75, 3.05) is 0 Å². The van der Waals surface area contributed by atoms with Crippen LogP contribution >= 0.6 is 0 Å². The zero-order valence-electron chi connectivity index (χ0n) is 16.7. The summed E-state index contributed by atoms with van der Waals surface area (Å²) in [7, 11) is 1.70. The van der Waals surface area contributed by atoms with E-state index in [1.165, 1.54) is 18.5 Å². The molecule has 0 saturated heterocycles. The number of fused-ring (bicyclic) bond motifs is 1. The summed E-state index contributed by atoms with van der Waals surface area (Å²) in [6.45, 7) is 4.72. The molecule has 1 aromatic carbocycles. The Morgan fingerprint density at radius 2 is 1.90 bits per heavy atom. The van der Waals surface area contributed by atoms with E-state index in [0.717, 1.165) is 9.26 Å². The van der Waals surface area contributed by atoms with E-state index in [0.29, 0.717) is 11.4 Å². The van der Waals surface area contributed by atoms with Gasteiger partial charge in [-0.1, -0.05) is 18.2 Å². The summed E-state index contributed by atoms with van der Waals surface area (Å²) in [5.74, 6) is -1.03. The Hall–Kier alpha value is -4.22. The normalized spacial score (nSPS) is 12.1. The number of aryl methyl sites for hydroxylation is 2. The average Bonchev–Trinajstić information content (AvgIpc) is 3.24. The first-order chi connectivity index (χ1) is 14.2. The molecule has 4 rings (SSSR count). The van der Waals surface area contributed by atoms with E-state index in [-0.39, 0.29) is 28.6 Å². The van der Waals surface area contributed by atoms with Gasteiger partial charge in [0.1, 0.15) is 5.10 Å². The van der Waals surface area contributed by atoms with Crippen LogP contribution in [0.15, 0.2) is 40.1 Å². The summed E-state index contributed by atoms with van der Waals surface area (Å²) < 4.78 is 5.18. The fraction of sp³-hybridized carbons (Fsp3) is 0.222. The predicted octanol–water partition coefficient (Wildman–Crippen LogP) is 0.00936. The van der Waals surface area contributed by atoms with Crippen LogP contribution in [0.2, 0.25) is 0 Å². The minimum atomic E-state index is -0.741. The molecule has 0 atom stereocenters. The van der Waals surface area contributed by atoms with Gasteiger partial charge in [-0.25, -0.2) is 4.68 Å². The van der Waals surface area contributed by atoms with Crippen molar-refractivity contribution in [1.82, 2.24) is 24.2 Å². The van der Waals surface area contributed by atoms with Gasteiger partial charge in [-0.2, -0.15) is 5.10 Å². The highest BCUT2D eigenvalue weighted by molar-refractivity contribution is 5.90. The number of nitrogens with one attached hydrogen (secondary N) is 1. The third-order valence-electron chi connectivity index (χ3n) is 4.90. The molecule has 0 spiro atoms. The molecule has 0 saturated carbocycles. The Labute approximate surface area is 169 Å². The summed E-state index contributed by atoms with van der Waals surface area (Å²) in [4.78, 5) is 27.7. The van der Waals surface area contributed by atoms with Crippen LogP contribution in [0.3, 0.4) is 0 Å². The number of H-pyrrole nitrogens is 1. The zero-order valence-corrected chi connectivity index (χ0v) is 16.7. The molecule has 0 amide bonds. The summed E-state index contributed by atoms with van der Waals surface area (Å²) in [6.07, 6.45) is 0. The molecule has 0 bridgehead atoms. The van der Waals surface area contributed by atoms with Gasteiger partial charge in [0, 0.05) is 24.5 Å². The lowest BCUT2D eigenvalue weighted by Gasteiger charge is -2.07. The van der Waals surface area contributed by atoms with Gasteiger partial charge in [-0.3, -0.25) is 14.5 Å². The van der Waals surface area contributed by atoms with Crippen molar-refractivity contribution in [1.29, 1.82) is 0 Å². The quantitative estimate of drug-likeness (QED) is 0.166. The van der Waals surface area contributed by atoms with Crippen molar-refractivity contribution in [3.8, 4) is 5.69 Å². The molecule has 0 fully saturated rings. The van der Waals surface area contributed by atoms with E-state index in [2.05, 4.69) is 15.2 Å². The number of nitrogens with zero attached hydrogens (tertiary/aromatic N) is 7. The highest BCUT2D eigenvalue weighted by atomic mass is 16.6. The number of hydrogen-bond acceptors (Lipinski definition) is 6. The van der Waals surface area contributed by atoms with Gasteiger partial charge in [0.2, 0.25) is 0 Å². The van der Waals surface area contributed by atoms with Crippen LogP contribution < -0.4 is 15.3 Å². The van der Waals surface area contributed by atoms with E-state index < -0.39 is 16.4 Å². The van der Waals surface area contributed by atoms with Gasteiger partial charge >= 0.3 is 5.82 Å². The van der Waals surface area contributed by atoms with E-state index in [4.69, 9.17) is 0 Å². The highest BCUT2D eigenvalue weighted by Gasteiger charge is 2.34. The Balaban J connectivity index is 1.90. The molecule has 0 aliphatic rings. The lowest BCUT2D eigenvalue weighted by Crippen LogP contribution is -2.39. The van der Waals surface area contributed by atoms with Crippen molar-refractivity contribution >= 4 is 17.4 Å². The monoisotopic (exact) mass is 410 g/mol. The molecule has 0 unspecified atom stereocenters. The van der Waals surface area contributed by atoms with Crippen LogP contribution in [0, 0.1) is 30.9 Å². The maximum Gasteiger partial charge on any atom is 0.436 e. The van der Waals surface area contributed by atoms with Gasteiger partial charge in [-0.05, 0) is 30.9 Å². The second-order valence-electron chi connectivity index (χ2n) is 6.78. The van der Waals surface area contributed by atoms with Crippen LogP contribution in [-0.2, 0) is 7.05 Å². The third kappa shape index (κ3) is 2.69. The van der Waals surface area contributed by atoms with Crippen molar-refractivity contribution < 1.29 is 14.7 Å². The SMILES string of the molecule is Cc1nn2c([N+](=O)[O-])c(C)[nH][n+]2c1C([O-])=Nc1c(C)n(C)n(-c2ccccc2)c1=O. The van der Waals surface area contributed by atoms with E-state index in [1.54, 1.807) is 42.9 Å². The number of nitro groups is 1. The molecular formula is C18H18N8O4. The maximum atomic E-state index is 13.0. The van der Waals surface area contributed by atoms with Crippen molar-refractivity contribution in [2.24, 2.45) is 12.0 Å². The number of aromatic nitrogens is 6. The summed E-state index contributed by atoms with van der Waals surface area (Å²) in [5, 5.41) is 31.1. The zero-order chi connectivity index (χ0) is 21.7. The smallest absolute Gasteiger partial charge is 0.436 e. The summed E-state index contributed by atoms with van der Waals surface area (Å²) in [6, 6.07) is 8.98. The van der Waals surface area contributed by atoms with Gasteiger partial charge in [0.25, 0.3) is 16.9 Å². The van der Waals surface area contributed by atoms with Gasteiger partial charge in [-0.15, -0.1) is 0 Å². The second kappa shape index (κ2) is 6.69. The maximum absolute atomic E-state index is 13.0. The Kier molecular flexibility index (Phi) is 4.26. The van der Waals surface area contributed by atoms with Gasteiger partial charge in [0.15, 0.2) is 16.0 Å². The van der Waals surface area contributed by atoms with Crippen molar-refractivity contribution in [3.05, 3.63) is 73.6 Å². The molecule has 3 heterocycles. The fourth-order valence-electron chi connectivity index (χ4n) is 3.38. The Morgan fingerprint density at radius 3 is 2.53 bits per heavy atom. The summed E-state index contributed by atoms with van der Waals surface area (Å²) >= 11 is 0. The van der Waals surface area contributed by atoms with Gasteiger partial charge < -0.3 is 15.2 Å². The second-order valence-corrected chi connectivity index (χ2v) is 6.78. The van der Waals surface area contributed by atoms with Crippen molar-refractivity contribution in [2.45, 2.75) is 20.8 Å². The molecule has 0 radical (unpaired) electrons. The van der Waals surface area contributed by atoms with E-state index in [1.807, 2.05) is 6.07 Å². The fourth-order valence-corrected chi connectivity index (χ4v) is 3.38. The van der Waals surface area contributed by atoms with Crippen LogP contribution in [-0.4, -0.2) is 35.0 Å². The minimum Gasteiger partial charge on any atom is -0.855 e. The lowest BCUT2D eigenvalue weighted by molar-refractivity contribution is -0.683. The molecule has 12 heteroatoms. The summed E-state index contributed by atoms with van der Waals surface area (Å²) in [5.41, 5.74) is 1.13. The number of para-hydroxylation sites is 1. The highest BCUT2D eigenvalue weighted by Crippen LogP contribution is 2.18. The molecule has 3 aromatic heterocycles. The molecule has 12 nitrogen and oxygen atoms in total. The standard InChI is InChI=1S/C18H18N8O4/c1-10-15(24-21-11(2)17(26(29)30)25(24)20-10)16(27)19-14-12(3)22(4)23(18(14)28)13-8-6-5-7-9-13/h5-9H,1-4H3,(H-,19,20,21,27). The van der Waals surface area contributed by atoms with Crippen LogP contribution in [0.25, 0.3) is 5.69 Å².